The lowest BCUT2D eigenvalue weighted by molar-refractivity contribution is -0.384. The van der Waals surface area contributed by atoms with Gasteiger partial charge in [-0.05, 0) is 59.7 Å². The molecule has 0 aliphatic rings. The Bertz CT molecular complexity index is 1170. The van der Waals surface area contributed by atoms with Crippen LogP contribution in [0.25, 0.3) is 6.08 Å². The van der Waals surface area contributed by atoms with Gasteiger partial charge in [0.2, 0.25) is 0 Å². The number of aliphatic imine (C=N–C) groups is 1. The molecule has 0 radical (unpaired) electrons. The lowest BCUT2D eigenvalue weighted by Crippen LogP contribution is -2.03. The largest absolute Gasteiger partial charge is 0.493 e. The second kappa shape index (κ2) is 10.5. The Kier molecular flexibility index (Phi) is 7.32. The zero-order chi connectivity index (χ0) is 22.9. The first-order valence-electron chi connectivity index (χ1n) is 9.49. The molecular weight excluding hydrogens is 412 g/mol. The fourth-order valence-electron chi connectivity index (χ4n) is 2.73. The molecule has 0 aromatic heterocycles. The average Bonchev–Trinajstić information content (AvgIpc) is 2.82. The second-order valence-electron chi connectivity index (χ2n) is 6.47. The minimum absolute atomic E-state index is 0.0250. The number of carbonyl (C=O) groups excluding carboxylic acids is 1. The Balaban J connectivity index is 1.60. The second-order valence-corrected chi connectivity index (χ2v) is 6.47. The first-order valence-corrected chi connectivity index (χ1v) is 9.49. The van der Waals surface area contributed by atoms with Gasteiger partial charge in [0.05, 0.1) is 24.8 Å². The molecule has 0 unspecified atom stereocenters. The van der Waals surface area contributed by atoms with Crippen molar-refractivity contribution >= 4 is 29.6 Å². The molecule has 162 valence electrons. The lowest BCUT2D eigenvalue weighted by atomic mass is 10.2. The number of ether oxygens (including phenoxy) is 3. The summed E-state index contributed by atoms with van der Waals surface area (Å²) in [5, 5.41) is 10.8. The first kappa shape index (κ1) is 22.2. The number of rotatable bonds is 8. The molecule has 0 aliphatic heterocycles. The highest BCUT2D eigenvalue weighted by atomic mass is 16.6. The van der Waals surface area contributed by atoms with Crippen molar-refractivity contribution in [3.63, 3.8) is 0 Å². The van der Waals surface area contributed by atoms with Gasteiger partial charge in [-0.25, -0.2) is 4.79 Å². The molecule has 0 fully saturated rings. The Morgan fingerprint density at radius 2 is 1.66 bits per heavy atom. The number of nitro benzene ring substituents is 1. The number of nitro groups is 1. The Labute approximate surface area is 184 Å². The summed E-state index contributed by atoms with van der Waals surface area (Å²) in [6.07, 6.45) is 4.50. The third-order valence-electron chi connectivity index (χ3n) is 4.32. The molecule has 32 heavy (non-hydrogen) atoms. The molecule has 0 saturated carbocycles. The zero-order valence-electron chi connectivity index (χ0n) is 17.4. The molecule has 0 saturated heterocycles. The van der Waals surface area contributed by atoms with Gasteiger partial charge in [0.15, 0.2) is 11.5 Å². The van der Waals surface area contributed by atoms with Crippen LogP contribution in [0.2, 0.25) is 0 Å². The maximum Gasteiger partial charge on any atom is 0.336 e. The summed E-state index contributed by atoms with van der Waals surface area (Å²) in [5.74, 6) is 1.00. The molecule has 3 aromatic carbocycles. The number of hydrogen-bond donors (Lipinski definition) is 0. The summed E-state index contributed by atoms with van der Waals surface area (Å²) in [5.41, 5.74) is 1.95. The van der Waals surface area contributed by atoms with Crippen molar-refractivity contribution < 1.29 is 23.9 Å². The van der Waals surface area contributed by atoms with E-state index in [4.69, 9.17) is 14.2 Å². The summed E-state index contributed by atoms with van der Waals surface area (Å²) >= 11 is 0. The van der Waals surface area contributed by atoms with E-state index in [1.807, 2.05) is 0 Å². The maximum absolute atomic E-state index is 12.1. The van der Waals surface area contributed by atoms with E-state index in [1.165, 1.54) is 25.3 Å². The van der Waals surface area contributed by atoms with E-state index in [1.54, 1.807) is 74.0 Å². The van der Waals surface area contributed by atoms with Crippen molar-refractivity contribution in [3.05, 3.63) is 94.0 Å². The fourth-order valence-corrected chi connectivity index (χ4v) is 2.73. The molecule has 0 bridgehead atoms. The molecule has 0 heterocycles. The van der Waals surface area contributed by atoms with Crippen molar-refractivity contribution in [3.8, 4) is 17.2 Å². The van der Waals surface area contributed by atoms with Crippen LogP contribution in [0.5, 0.6) is 17.2 Å². The predicted octanol–water partition coefficient (Wildman–Crippen LogP) is 4.98. The van der Waals surface area contributed by atoms with Gasteiger partial charge in [-0.15, -0.1) is 0 Å². The number of carbonyl (C=O) groups is 1. The number of benzene rings is 3. The highest BCUT2D eigenvalue weighted by molar-refractivity contribution is 5.89. The minimum atomic E-state index is -0.530. The van der Waals surface area contributed by atoms with Crippen molar-refractivity contribution in [2.75, 3.05) is 14.2 Å². The summed E-state index contributed by atoms with van der Waals surface area (Å²) in [6, 6.07) is 18.0. The molecule has 8 heteroatoms. The zero-order valence-corrected chi connectivity index (χ0v) is 17.4. The molecule has 0 atom stereocenters. The molecule has 0 aliphatic carbocycles. The highest BCUT2D eigenvalue weighted by Gasteiger charge is 2.06. The SMILES string of the molecule is COc1ccc(/C=C/C(=O)Oc2ccc(C=Nc3cccc([N+](=O)[O-])c3)cc2)cc1OC. The molecule has 0 N–H and O–H groups in total. The van der Waals surface area contributed by atoms with Crippen LogP contribution in [-0.2, 0) is 4.79 Å². The molecule has 3 rings (SSSR count). The van der Waals surface area contributed by atoms with Crippen LogP contribution in [0.15, 0.2) is 77.8 Å². The van der Waals surface area contributed by atoms with Gasteiger partial charge in [0.1, 0.15) is 5.75 Å². The van der Waals surface area contributed by atoms with E-state index in [-0.39, 0.29) is 5.69 Å². The van der Waals surface area contributed by atoms with Gasteiger partial charge in [0, 0.05) is 24.4 Å². The molecular formula is C24H20N2O6. The van der Waals surface area contributed by atoms with Crippen LogP contribution >= 0.6 is 0 Å². The van der Waals surface area contributed by atoms with Crippen LogP contribution < -0.4 is 14.2 Å². The number of esters is 1. The summed E-state index contributed by atoms with van der Waals surface area (Å²) in [4.78, 5) is 26.7. The summed E-state index contributed by atoms with van der Waals surface area (Å²) < 4.78 is 15.7. The molecule has 0 amide bonds. The van der Waals surface area contributed by atoms with Crippen LogP contribution in [0.1, 0.15) is 11.1 Å². The van der Waals surface area contributed by atoms with Crippen LogP contribution in [-0.4, -0.2) is 31.3 Å². The van der Waals surface area contributed by atoms with Crippen molar-refractivity contribution in [1.29, 1.82) is 0 Å². The lowest BCUT2D eigenvalue weighted by Gasteiger charge is -2.07. The van der Waals surface area contributed by atoms with Crippen molar-refractivity contribution in [1.82, 2.24) is 0 Å². The van der Waals surface area contributed by atoms with Crippen molar-refractivity contribution in [2.45, 2.75) is 0 Å². The van der Waals surface area contributed by atoms with Gasteiger partial charge >= 0.3 is 5.97 Å². The molecule has 0 spiro atoms. The Hall–Kier alpha value is -4.46. The number of methoxy groups -OCH3 is 2. The Morgan fingerprint density at radius 3 is 2.34 bits per heavy atom. The van der Waals surface area contributed by atoms with Gasteiger partial charge in [-0.1, -0.05) is 12.1 Å². The van der Waals surface area contributed by atoms with E-state index in [2.05, 4.69) is 4.99 Å². The average molecular weight is 432 g/mol. The van der Waals surface area contributed by atoms with Gasteiger partial charge in [0.25, 0.3) is 5.69 Å². The van der Waals surface area contributed by atoms with Crippen LogP contribution in [0.3, 0.4) is 0 Å². The number of non-ortho nitro benzene ring substituents is 1. The molecule has 8 nitrogen and oxygen atoms in total. The van der Waals surface area contributed by atoms with Crippen LogP contribution in [0.4, 0.5) is 11.4 Å². The predicted molar refractivity (Wildman–Crippen MR) is 121 cm³/mol. The minimum Gasteiger partial charge on any atom is -0.493 e. The van der Waals surface area contributed by atoms with Crippen LogP contribution in [0, 0.1) is 10.1 Å². The first-order chi connectivity index (χ1) is 15.5. The van der Waals surface area contributed by atoms with E-state index in [0.717, 1.165) is 11.1 Å². The third-order valence-corrected chi connectivity index (χ3v) is 4.32. The summed E-state index contributed by atoms with van der Waals surface area (Å²) in [7, 11) is 3.09. The third kappa shape index (κ3) is 6.02. The quantitative estimate of drug-likeness (QED) is 0.124. The summed E-state index contributed by atoms with van der Waals surface area (Å²) in [6.45, 7) is 0. The number of nitrogens with zero attached hydrogens (tertiary/aromatic N) is 2. The van der Waals surface area contributed by atoms with E-state index in [0.29, 0.717) is 22.9 Å². The van der Waals surface area contributed by atoms with Gasteiger partial charge < -0.3 is 14.2 Å². The maximum atomic E-state index is 12.1. The van der Waals surface area contributed by atoms with E-state index < -0.39 is 10.9 Å². The Morgan fingerprint density at radius 1 is 0.938 bits per heavy atom. The monoisotopic (exact) mass is 432 g/mol. The normalized spacial score (nSPS) is 10.9. The van der Waals surface area contributed by atoms with Gasteiger partial charge in [-0.2, -0.15) is 0 Å². The smallest absolute Gasteiger partial charge is 0.336 e. The van der Waals surface area contributed by atoms with E-state index >= 15 is 0 Å². The standard InChI is InChI=1S/C24H20N2O6/c1-30-22-12-8-17(14-23(22)31-2)9-13-24(27)32-21-10-6-18(7-11-21)16-25-19-4-3-5-20(15-19)26(28)29/h3-16H,1-2H3/b13-9+,25-16?. The fraction of sp³-hybridized carbons (Fsp3) is 0.0833. The van der Waals surface area contributed by atoms with E-state index in [9.17, 15) is 14.9 Å². The van der Waals surface area contributed by atoms with Gasteiger partial charge in [-0.3, -0.25) is 15.1 Å². The highest BCUT2D eigenvalue weighted by Crippen LogP contribution is 2.28. The number of hydrogen-bond acceptors (Lipinski definition) is 7. The van der Waals surface area contributed by atoms with Crippen molar-refractivity contribution in [2.24, 2.45) is 4.99 Å². The molecule has 3 aromatic rings. The topological polar surface area (TPSA) is 100 Å².